The summed E-state index contributed by atoms with van der Waals surface area (Å²) >= 11 is 1.38. The Hall–Kier alpha value is -3.45. The van der Waals surface area contributed by atoms with Gasteiger partial charge in [-0.1, -0.05) is 60.7 Å². The first-order valence-electron chi connectivity index (χ1n) is 10.4. The lowest BCUT2D eigenvalue weighted by molar-refractivity contribution is -0.143. The lowest BCUT2D eigenvalue weighted by atomic mass is 9.83. The highest BCUT2D eigenvalue weighted by Crippen LogP contribution is 2.57. The van der Waals surface area contributed by atoms with Gasteiger partial charge in [0, 0.05) is 5.69 Å². The van der Waals surface area contributed by atoms with E-state index < -0.39 is 28.1 Å². The molecule has 1 heterocycles. The Bertz CT molecular complexity index is 1070. The van der Waals surface area contributed by atoms with Gasteiger partial charge < -0.3 is 19.1 Å². The zero-order chi connectivity index (χ0) is 23.4. The number of benzene rings is 3. The molecular weight excluding hydrogens is 438 g/mol. The average molecular weight is 464 g/mol. The molecule has 2 unspecified atom stereocenters. The second kappa shape index (κ2) is 9.58. The van der Waals surface area contributed by atoms with Gasteiger partial charge in [0.1, 0.15) is 5.75 Å². The van der Waals surface area contributed by atoms with Crippen LogP contribution >= 0.6 is 11.8 Å². The van der Waals surface area contributed by atoms with Crippen LogP contribution in [0.15, 0.2) is 84.9 Å². The normalized spacial score (nSPS) is 19.1. The molecule has 0 aromatic heterocycles. The number of anilines is 1. The lowest BCUT2D eigenvalue weighted by Gasteiger charge is -2.37. The summed E-state index contributed by atoms with van der Waals surface area (Å²) in [6.45, 7) is 0. The number of carbonyl (C=O) groups excluding carboxylic acids is 2. The van der Waals surface area contributed by atoms with E-state index in [0.29, 0.717) is 11.4 Å². The van der Waals surface area contributed by atoms with Crippen molar-refractivity contribution < 1.29 is 23.8 Å². The Labute approximate surface area is 197 Å². The van der Waals surface area contributed by atoms with Gasteiger partial charge in [-0.15, -0.1) is 11.8 Å². The van der Waals surface area contributed by atoms with E-state index in [-0.39, 0.29) is 0 Å². The molecule has 0 radical (unpaired) electrons. The summed E-state index contributed by atoms with van der Waals surface area (Å²) in [6, 6.07) is 25.9. The summed E-state index contributed by atoms with van der Waals surface area (Å²) in [5.41, 5.74) is 2.46. The smallest absolute Gasteiger partial charge is 0.339 e. The summed E-state index contributed by atoms with van der Waals surface area (Å²) in [6.07, 6.45) is 0. The molecule has 170 valence electrons. The van der Waals surface area contributed by atoms with E-state index in [4.69, 9.17) is 14.2 Å². The van der Waals surface area contributed by atoms with Crippen molar-refractivity contribution in [3.8, 4) is 5.75 Å². The highest BCUT2D eigenvalue weighted by molar-refractivity contribution is 8.02. The summed E-state index contributed by atoms with van der Waals surface area (Å²) in [5.74, 6) is -0.219. The van der Waals surface area contributed by atoms with Crippen LogP contribution in [-0.2, 0) is 23.8 Å². The number of ether oxygens (including phenoxy) is 3. The number of hydrogen-bond acceptors (Lipinski definition) is 7. The largest absolute Gasteiger partial charge is 0.497 e. The molecule has 0 amide bonds. The van der Waals surface area contributed by atoms with Gasteiger partial charge in [0.2, 0.25) is 0 Å². The second-order valence-corrected chi connectivity index (χ2v) is 8.82. The molecule has 3 aromatic carbocycles. The van der Waals surface area contributed by atoms with Gasteiger partial charge in [0.05, 0.1) is 26.1 Å². The second-order valence-electron chi connectivity index (χ2n) is 7.49. The van der Waals surface area contributed by atoms with E-state index in [9.17, 15) is 9.59 Å². The van der Waals surface area contributed by atoms with E-state index in [1.54, 1.807) is 24.1 Å². The lowest BCUT2D eigenvalue weighted by Crippen LogP contribution is -2.51. The number of methoxy groups -OCH3 is 3. The monoisotopic (exact) mass is 463 g/mol. The van der Waals surface area contributed by atoms with Crippen molar-refractivity contribution in [2.24, 2.45) is 0 Å². The minimum atomic E-state index is -0.922. The van der Waals surface area contributed by atoms with Crippen LogP contribution in [-0.4, -0.2) is 44.7 Å². The topological polar surface area (TPSA) is 65.1 Å². The molecule has 0 saturated carbocycles. The van der Waals surface area contributed by atoms with Crippen LogP contribution in [0.5, 0.6) is 5.75 Å². The van der Waals surface area contributed by atoms with Gasteiger partial charge in [0.15, 0.2) is 11.4 Å². The fourth-order valence-electron chi connectivity index (χ4n) is 4.31. The molecule has 3 aromatic rings. The van der Waals surface area contributed by atoms with Crippen LogP contribution in [0.3, 0.4) is 0 Å². The predicted octanol–water partition coefficient (Wildman–Crippen LogP) is 4.23. The van der Waals surface area contributed by atoms with Crippen LogP contribution in [0.25, 0.3) is 0 Å². The molecule has 7 heteroatoms. The molecule has 6 nitrogen and oxygen atoms in total. The van der Waals surface area contributed by atoms with Crippen LogP contribution in [0, 0.1) is 0 Å². The summed E-state index contributed by atoms with van der Waals surface area (Å²) in [7, 11) is 4.31. The summed E-state index contributed by atoms with van der Waals surface area (Å²) < 4.78 is 14.9. The molecule has 0 bridgehead atoms. The van der Waals surface area contributed by atoms with Gasteiger partial charge in [-0.05, 0) is 35.4 Å². The number of nitrogens with zero attached hydrogens (tertiary/aromatic N) is 1. The molecule has 0 spiro atoms. The van der Waals surface area contributed by atoms with Crippen molar-refractivity contribution in [2.45, 2.75) is 16.2 Å². The van der Waals surface area contributed by atoms with Crippen molar-refractivity contribution in [3.05, 3.63) is 96.1 Å². The fraction of sp³-hybridized carbons (Fsp3) is 0.231. The van der Waals surface area contributed by atoms with Gasteiger partial charge in [0.25, 0.3) is 0 Å². The fourth-order valence-corrected chi connectivity index (χ4v) is 6.10. The predicted molar refractivity (Wildman–Crippen MR) is 128 cm³/mol. The zero-order valence-electron chi connectivity index (χ0n) is 18.6. The number of thioether (sulfide) groups is 1. The quantitative estimate of drug-likeness (QED) is 0.507. The van der Waals surface area contributed by atoms with Crippen molar-refractivity contribution in [1.82, 2.24) is 0 Å². The molecule has 2 atom stereocenters. The minimum absolute atomic E-state index is 0.446. The Morgan fingerprint density at radius 1 is 0.758 bits per heavy atom. The molecule has 0 aliphatic carbocycles. The third-order valence-electron chi connectivity index (χ3n) is 5.82. The number of hydrogen-bond donors (Lipinski definition) is 0. The van der Waals surface area contributed by atoms with E-state index in [1.165, 1.54) is 26.0 Å². The van der Waals surface area contributed by atoms with Gasteiger partial charge in [-0.3, -0.25) is 0 Å². The third-order valence-corrected chi connectivity index (χ3v) is 7.53. The third kappa shape index (κ3) is 3.93. The van der Waals surface area contributed by atoms with Gasteiger partial charge in [-0.2, -0.15) is 0 Å². The molecule has 33 heavy (non-hydrogen) atoms. The molecule has 1 fully saturated rings. The molecular formula is C26H25NO5S. The Morgan fingerprint density at radius 2 is 1.27 bits per heavy atom. The highest BCUT2D eigenvalue weighted by atomic mass is 32.2. The van der Waals surface area contributed by atoms with Crippen LogP contribution in [0.1, 0.15) is 11.1 Å². The average Bonchev–Trinajstić information content (AvgIpc) is 3.26. The van der Waals surface area contributed by atoms with Gasteiger partial charge in [-0.25, -0.2) is 9.59 Å². The first-order valence-corrected chi connectivity index (χ1v) is 11.3. The van der Waals surface area contributed by atoms with Gasteiger partial charge >= 0.3 is 11.9 Å². The molecule has 1 saturated heterocycles. The Kier molecular flexibility index (Phi) is 6.60. The van der Waals surface area contributed by atoms with Crippen LogP contribution in [0.4, 0.5) is 5.69 Å². The standard InChI is InChI=1S/C26H25NO5S/c1-30-21-16-14-20(15-17-21)27-22(24(28)31-2)26(18-10-6-4-7-11-18,19-12-8-5-9-13-19)33-23(27)25(29)32-3/h4-17,22-23H,1-3H3. The maximum atomic E-state index is 13.5. The number of rotatable bonds is 6. The molecule has 4 rings (SSSR count). The first kappa shape index (κ1) is 22.7. The first-order chi connectivity index (χ1) is 16.1. The molecule has 0 N–H and O–H groups in total. The van der Waals surface area contributed by atoms with Crippen molar-refractivity contribution in [2.75, 3.05) is 26.2 Å². The van der Waals surface area contributed by atoms with Crippen molar-refractivity contribution >= 4 is 29.4 Å². The van der Waals surface area contributed by atoms with E-state index in [1.807, 2.05) is 72.8 Å². The number of carbonyl (C=O) groups is 2. The zero-order valence-corrected chi connectivity index (χ0v) is 19.5. The Morgan fingerprint density at radius 3 is 1.73 bits per heavy atom. The Balaban J connectivity index is 2.00. The maximum Gasteiger partial charge on any atom is 0.339 e. The molecule has 1 aliphatic rings. The van der Waals surface area contributed by atoms with Crippen molar-refractivity contribution in [1.29, 1.82) is 0 Å². The SMILES string of the molecule is COC(=O)C1SC(c2ccccc2)(c2ccccc2)C(C(=O)OC)N1c1ccc(OC)cc1. The van der Waals surface area contributed by atoms with Crippen LogP contribution < -0.4 is 9.64 Å². The highest BCUT2D eigenvalue weighted by Gasteiger charge is 2.61. The van der Waals surface area contributed by atoms with E-state index in [2.05, 4.69) is 0 Å². The summed E-state index contributed by atoms with van der Waals surface area (Å²) in [4.78, 5) is 28.3. The molecule has 1 aliphatic heterocycles. The van der Waals surface area contributed by atoms with Crippen LogP contribution in [0.2, 0.25) is 0 Å². The minimum Gasteiger partial charge on any atom is -0.497 e. The number of esters is 2. The van der Waals surface area contributed by atoms with Crippen molar-refractivity contribution in [3.63, 3.8) is 0 Å². The van der Waals surface area contributed by atoms with E-state index >= 15 is 0 Å². The maximum absolute atomic E-state index is 13.5. The summed E-state index contributed by atoms with van der Waals surface area (Å²) in [5, 5.41) is -0.784. The van der Waals surface area contributed by atoms with E-state index in [0.717, 1.165) is 11.1 Å².